The summed E-state index contributed by atoms with van der Waals surface area (Å²) in [7, 11) is -3.90. The molecule has 1 aromatic heterocycles. The lowest BCUT2D eigenvalue weighted by Gasteiger charge is -2.11. The fraction of sp³-hybridized carbons (Fsp3) is 0.222. The Balaban J connectivity index is 2.00. The molecule has 0 saturated carbocycles. The van der Waals surface area contributed by atoms with E-state index in [-0.39, 0.29) is 16.5 Å². The first kappa shape index (κ1) is 18.8. The van der Waals surface area contributed by atoms with Gasteiger partial charge in [0.1, 0.15) is 11.6 Å². The molecular weight excluding hydrogens is 373 g/mol. The van der Waals surface area contributed by atoms with E-state index in [1.165, 1.54) is 42.5 Å². The van der Waals surface area contributed by atoms with Gasteiger partial charge in [0.25, 0.3) is 15.9 Å². The molecule has 3 rings (SSSR count). The van der Waals surface area contributed by atoms with Gasteiger partial charge in [-0.05, 0) is 49.4 Å². The van der Waals surface area contributed by atoms with Crippen molar-refractivity contribution in [1.82, 2.24) is 10.1 Å². The molecule has 0 aliphatic heterocycles. The highest BCUT2D eigenvalue weighted by molar-refractivity contribution is 7.92. The summed E-state index contributed by atoms with van der Waals surface area (Å²) in [5, 5.41) is 3.84. The molecule has 0 spiro atoms. The van der Waals surface area contributed by atoms with Gasteiger partial charge in [-0.15, -0.1) is 0 Å². The van der Waals surface area contributed by atoms with E-state index in [2.05, 4.69) is 14.9 Å². The van der Waals surface area contributed by atoms with Crippen molar-refractivity contribution in [2.45, 2.75) is 25.2 Å². The molecule has 0 radical (unpaired) electrons. The van der Waals surface area contributed by atoms with E-state index in [1.54, 1.807) is 0 Å². The Morgan fingerprint density at radius 2 is 1.89 bits per heavy atom. The Morgan fingerprint density at radius 3 is 2.52 bits per heavy atom. The van der Waals surface area contributed by atoms with Crippen LogP contribution in [0.3, 0.4) is 0 Å². The number of hydrogen-bond acceptors (Lipinski definition) is 6. The van der Waals surface area contributed by atoms with Gasteiger partial charge in [0.15, 0.2) is 5.82 Å². The van der Waals surface area contributed by atoms with Crippen LogP contribution in [-0.2, 0) is 16.4 Å². The van der Waals surface area contributed by atoms with Crippen molar-refractivity contribution < 1.29 is 22.1 Å². The van der Waals surface area contributed by atoms with E-state index in [1.807, 2.05) is 13.8 Å². The zero-order valence-electron chi connectivity index (χ0n) is 14.8. The van der Waals surface area contributed by atoms with Gasteiger partial charge in [0.2, 0.25) is 0 Å². The quantitative estimate of drug-likeness (QED) is 0.661. The monoisotopic (exact) mass is 391 g/mol. The summed E-state index contributed by atoms with van der Waals surface area (Å²) in [5.74, 6) is 0.660. The van der Waals surface area contributed by atoms with Crippen LogP contribution in [0.5, 0.6) is 5.75 Å². The molecule has 0 bridgehead atoms. The average molecular weight is 391 g/mol. The zero-order chi connectivity index (χ0) is 19.4. The van der Waals surface area contributed by atoms with Crippen LogP contribution in [0.15, 0.2) is 51.9 Å². The fourth-order valence-corrected chi connectivity index (χ4v) is 3.45. The van der Waals surface area contributed by atoms with Crippen LogP contribution >= 0.6 is 0 Å². The van der Waals surface area contributed by atoms with Gasteiger partial charge >= 0.3 is 0 Å². The van der Waals surface area contributed by atoms with Crippen LogP contribution in [0.1, 0.15) is 19.7 Å². The highest BCUT2D eigenvalue weighted by Crippen LogP contribution is 2.32. The normalized spacial score (nSPS) is 11.4. The highest BCUT2D eigenvalue weighted by Gasteiger charge is 2.20. The third-order valence-corrected chi connectivity index (χ3v) is 5.05. The molecular formula is C18H18FN3O4S. The number of aryl methyl sites for hydroxylation is 1. The van der Waals surface area contributed by atoms with Gasteiger partial charge in [0.05, 0.1) is 17.1 Å². The molecule has 2 aromatic carbocycles. The number of benzene rings is 2. The van der Waals surface area contributed by atoms with Crippen LogP contribution in [-0.4, -0.2) is 25.2 Å². The summed E-state index contributed by atoms with van der Waals surface area (Å²) in [6.07, 6.45) is 0.581. The molecule has 3 aromatic rings. The summed E-state index contributed by atoms with van der Waals surface area (Å²) in [6.45, 7) is 4.09. The van der Waals surface area contributed by atoms with Crippen LogP contribution in [0.4, 0.5) is 10.1 Å². The number of sulfonamides is 1. The maximum Gasteiger partial charge on any atom is 0.261 e. The maximum atomic E-state index is 13.0. The van der Waals surface area contributed by atoms with E-state index >= 15 is 0 Å². The lowest BCUT2D eigenvalue weighted by atomic mass is 10.2. The van der Waals surface area contributed by atoms with Gasteiger partial charge in [-0.2, -0.15) is 4.98 Å². The zero-order valence-corrected chi connectivity index (χ0v) is 15.6. The second-order valence-electron chi connectivity index (χ2n) is 5.57. The SMILES string of the molecule is CCOc1ccc(S(=O)(=O)Nc2ccc(F)cc2)cc1-c1nc(CC)no1. The average Bonchev–Trinajstić information content (AvgIpc) is 3.13. The van der Waals surface area contributed by atoms with Crippen LogP contribution in [0.2, 0.25) is 0 Å². The van der Waals surface area contributed by atoms with Crippen molar-refractivity contribution in [2.24, 2.45) is 0 Å². The summed E-state index contributed by atoms with van der Waals surface area (Å²) in [5.41, 5.74) is 0.629. The van der Waals surface area contributed by atoms with E-state index in [0.29, 0.717) is 30.2 Å². The lowest BCUT2D eigenvalue weighted by Crippen LogP contribution is -2.13. The Kier molecular flexibility index (Phi) is 5.41. The number of ether oxygens (including phenoxy) is 1. The number of nitrogens with one attached hydrogen (secondary N) is 1. The van der Waals surface area contributed by atoms with E-state index in [0.717, 1.165) is 0 Å². The largest absolute Gasteiger partial charge is 0.493 e. The molecule has 0 amide bonds. The minimum atomic E-state index is -3.90. The first-order chi connectivity index (χ1) is 12.9. The van der Waals surface area contributed by atoms with Gasteiger partial charge in [-0.25, -0.2) is 12.8 Å². The standard InChI is InChI=1S/C18H18FN3O4S/c1-3-17-20-18(26-21-17)15-11-14(9-10-16(15)25-4-2)27(23,24)22-13-7-5-12(19)6-8-13/h5-11,22H,3-4H2,1-2H3. The smallest absolute Gasteiger partial charge is 0.261 e. The molecule has 0 unspecified atom stereocenters. The van der Waals surface area contributed by atoms with Crippen molar-refractivity contribution in [2.75, 3.05) is 11.3 Å². The topological polar surface area (TPSA) is 94.3 Å². The van der Waals surface area contributed by atoms with Crippen LogP contribution in [0.25, 0.3) is 11.5 Å². The molecule has 1 N–H and O–H groups in total. The Labute approximate surface area is 156 Å². The summed E-state index contributed by atoms with van der Waals surface area (Å²) >= 11 is 0. The van der Waals surface area contributed by atoms with Crippen LogP contribution < -0.4 is 9.46 Å². The summed E-state index contributed by atoms with van der Waals surface area (Å²) in [4.78, 5) is 4.23. The fourth-order valence-electron chi connectivity index (χ4n) is 2.36. The second kappa shape index (κ2) is 7.75. The van der Waals surface area contributed by atoms with Crippen molar-refractivity contribution in [3.05, 3.63) is 54.1 Å². The van der Waals surface area contributed by atoms with Gasteiger partial charge in [-0.3, -0.25) is 4.72 Å². The number of hydrogen-bond donors (Lipinski definition) is 1. The third kappa shape index (κ3) is 4.25. The first-order valence-corrected chi connectivity index (χ1v) is 9.79. The van der Waals surface area contributed by atoms with Gasteiger partial charge in [0, 0.05) is 12.1 Å². The molecule has 0 aliphatic rings. The highest BCUT2D eigenvalue weighted by atomic mass is 32.2. The van der Waals surface area contributed by atoms with Gasteiger partial charge < -0.3 is 9.26 Å². The predicted octanol–water partition coefficient (Wildman–Crippen LogP) is 3.64. The molecule has 9 heteroatoms. The molecule has 0 aliphatic carbocycles. The molecule has 1 heterocycles. The third-order valence-electron chi connectivity index (χ3n) is 3.67. The minimum absolute atomic E-state index is 0.0125. The first-order valence-electron chi connectivity index (χ1n) is 8.31. The molecule has 7 nitrogen and oxygen atoms in total. The summed E-state index contributed by atoms with van der Waals surface area (Å²) < 4.78 is 51.6. The number of aromatic nitrogens is 2. The Hall–Kier alpha value is -2.94. The molecule has 27 heavy (non-hydrogen) atoms. The van der Waals surface area contributed by atoms with Crippen molar-refractivity contribution in [3.63, 3.8) is 0 Å². The number of rotatable bonds is 7. The number of halogens is 1. The van der Waals surface area contributed by atoms with E-state index in [4.69, 9.17) is 9.26 Å². The second-order valence-corrected chi connectivity index (χ2v) is 7.26. The predicted molar refractivity (Wildman–Crippen MR) is 97.5 cm³/mol. The summed E-state index contributed by atoms with van der Waals surface area (Å²) in [6, 6.07) is 9.38. The Bertz CT molecular complexity index is 1030. The lowest BCUT2D eigenvalue weighted by molar-refractivity contribution is 0.339. The number of anilines is 1. The van der Waals surface area contributed by atoms with Crippen molar-refractivity contribution in [1.29, 1.82) is 0 Å². The van der Waals surface area contributed by atoms with Crippen molar-refractivity contribution >= 4 is 15.7 Å². The van der Waals surface area contributed by atoms with E-state index < -0.39 is 15.8 Å². The van der Waals surface area contributed by atoms with Crippen molar-refractivity contribution in [3.8, 4) is 17.2 Å². The maximum absolute atomic E-state index is 13.0. The number of nitrogens with zero attached hydrogens (tertiary/aromatic N) is 2. The molecule has 0 fully saturated rings. The van der Waals surface area contributed by atoms with E-state index in [9.17, 15) is 12.8 Å². The molecule has 0 atom stereocenters. The Morgan fingerprint density at radius 1 is 1.15 bits per heavy atom. The molecule has 142 valence electrons. The van der Waals surface area contributed by atoms with Crippen LogP contribution in [0, 0.1) is 5.82 Å². The van der Waals surface area contributed by atoms with Gasteiger partial charge in [-0.1, -0.05) is 12.1 Å². The molecule has 0 saturated heterocycles. The minimum Gasteiger partial charge on any atom is -0.493 e.